The number of aromatic nitrogens is 1. The fourth-order valence-corrected chi connectivity index (χ4v) is 0.931. The second kappa shape index (κ2) is 5.41. The van der Waals surface area contributed by atoms with Crippen LogP contribution in [-0.4, -0.2) is 24.9 Å². The van der Waals surface area contributed by atoms with Gasteiger partial charge in [0, 0.05) is 18.3 Å². The summed E-state index contributed by atoms with van der Waals surface area (Å²) in [6, 6.07) is 2.79. The lowest BCUT2D eigenvalue weighted by atomic mass is 10.4. The van der Waals surface area contributed by atoms with Crippen LogP contribution in [0.2, 0.25) is 5.02 Å². The third-order valence-corrected chi connectivity index (χ3v) is 1.58. The topological polar surface area (TPSA) is 63.2 Å². The summed E-state index contributed by atoms with van der Waals surface area (Å²) in [4.78, 5) is 15.0. The molecular weight excluding hydrogens is 206 g/mol. The average molecular weight is 216 g/mol. The van der Waals surface area contributed by atoms with E-state index < -0.39 is 0 Å². The molecule has 0 bridgehead atoms. The quantitative estimate of drug-likeness (QED) is 0.751. The minimum absolute atomic E-state index is 0.145. The van der Waals surface area contributed by atoms with E-state index in [1.165, 1.54) is 13.3 Å². The molecule has 2 N–H and O–H groups in total. The molecule has 14 heavy (non-hydrogen) atoms. The molecule has 0 aliphatic heterocycles. The number of carbonyl (C=O) groups is 1. The van der Waals surface area contributed by atoms with Crippen LogP contribution < -0.4 is 10.6 Å². The summed E-state index contributed by atoms with van der Waals surface area (Å²) in [5.74, 6) is 0.395. The predicted molar refractivity (Wildman–Crippen MR) is 53.3 cm³/mol. The minimum Gasteiger partial charge on any atom is -0.364 e. The second-order valence-electron chi connectivity index (χ2n) is 2.42. The highest BCUT2D eigenvalue weighted by atomic mass is 35.5. The summed E-state index contributed by atoms with van der Waals surface area (Å²) in [7, 11) is 1.48. The molecule has 1 heterocycles. The van der Waals surface area contributed by atoms with Crippen molar-refractivity contribution >= 4 is 23.4 Å². The van der Waals surface area contributed by atoms with Gasteiger partial charge in [-0.2, -0.15) is 0 Å². The first kappa shape index (κ1) is 10.7. The number of nitrogens with one attached hydrogen (secondary N) is 2. The lowest BCUT2D eigenvalue weighted by molar-refractivity contribution is 0.177. The summed E-state index contributed by atoms with van der Waals surface area (Å²) in [5.41, 5.74) is 0. The maximum atomic E-state index is 11.1. The Balaban J connectivity index is 2.47. The standard InChI is InChI=1S/C8H10ClN3O2/c1-14-5-11-8(13)12-7-4-6(9)2-3-10-7/h2-4H,5H2,1H3,(H2,10,11,12,13). The molecule has 0 spiro atoms. The van der Waals surface area contributed by atoms with Crippen LogP contribution in [0, 0.1) is 0 Å². The minimum atomic E-state index is -0.387. The van der Waals surface area contributed by atoms with E-state index in [1.807, 2.05) is 0 Å². The van der Waals surface area contributed by atoms with E-state index in [0.717, 1.165) is 0 Å². The van der Waals surface area contributed by atoms with Gasteiger partial charge in [0.25, 0.3) is 0 Å². The number of nitrogens with zero attached hydrogens (tertiary/aromatic N) is 1. The molecule has 0 unspecified atom stereocenters. The Labute approximate surface area is 86.4 Å². The molecule has 0 fully saturated rings. The number of hydrogen-bond acceptors (Lipinski definition) is 3. The van der Waals surface area contributed by atoms with Crippen molar-refractivity contribution in [1.29, 1.82) is 0 Å². The molecule has 0 aromatic carbocycles. The van der Waals surface area contributed by atoms with Gasteiger partial charge >= 0.3 is 6.03 Å². The van der Waals surface area contributed by atoms with Crippen LogP contribution in [0.4, 0.5) is 10.6 Å². The lowest BCUT2D eigenvalue weighted by Crippen LogP contribution is -2.30. The highest BCUT2D eigenvalue weighted by molar-refractivity contribution is 6.30. The van der Waals surface area contributed by atoms with Crippen molar-refractivity contribution in [1.82, 2.24) is 10.3 Å². The van der Waals surface area contributed by atoms with Crippen molar-refractivity contribution in [3.8, 4) is 0 Å². The maximum Gasteiger partial charge on any atom is 0.322 e. The van der Waals surface area contributed by atoms with E-state index >= 15 is 0 Å². The van der Waals surface area contributed by atoms with Crippen molar-refractivity contribution < 1.29 is 9.53 Å². The first-order valence-electron chi connectivity index (χ1n) is 3.87. The number of hydrogen-bond donors (Lipinski definition) is 2. The fourth-order valence-electron chi connectivity index (χ4n) is 0.771. The Hall–Kier alpha value is -1.33. The number of halogens is 1. The van der Waals surface area contributed by atoms with Crippen LogP contribution in [0.3, 0.4) is 0 Å². The zero-order valence-electron chi connectivity index (χ0n) is 7.58. The summed E-state index contributed by atoms with van der Waals surface area (Å²) in [5, 5.41) is 5.45. The second-order valence-corrected chi connectivity index (χ2v) is 2.86. The lowest BCUT2D eigenvalue weighted by Gasteiger charge is -2.05. The summed E-state index contributed by atoms with van der Waals surface area (Å²) < 4.78 is 4.66. The van der Waals surface area contributed by atoms with E-state index in [1.54, 1.807) is 12.1 Å². The fraction of sp³-hybridized carbons (Fsp3) is 0.250. The van der Waals surface area contributed by atoms with Crippen molar-refractivity contribution in [3.05, 3.63) is 23.4 Å². The molecule has 2 amide bonds. The van der Waals surface area contributed by atoms with E-state index in [4.69, 9.17) is 11.6 Å². The van der Waals surface area contributed by atoms with Gasteiger partial charge in [0.2, 0.25) is 0 Å². The highest BCUT2D eigenvalue weighted by Crippen LogP contribution is 2.11. The third-order valence-electron chi connectivity index (χ3n) is 1.34. The Morgan fingerprint density at radius 3 is 3.14 bits per heavy atom. The monoisotopic (exact) mass is 215 g/mol. The summed E-state index contributed by atoms with van der Waals surface area (Å²) >= 11 is 5.70. The SMILES string of the molecule is COCNC(=O)Nc1cc(Cl)ccn1. The largest absolute Gasteiger partial charge is 0.364 e. The Morgan fingerprint density at radius 1 is 1.71 bits per heavy atom. The number of urea groups is 1. The molecule has 76 valence electrons. The van der Waals surface area contributed by atoms with Gasteiger partial charge in [0.05, 0.1) is 0 Å². The van der Waals surface area contributed by atoms with Crippen LogP contribution in [0.1, 0.15) is 0 Å². The van der Waals surface area contributed by atoms with Crippen molar-refractivity contribution in [2.45, 2.75) is 0 Å². The van der Waals surface area contributed by atoms with Crippen LogP contribution >= 0.6 is 11.6 Å². The average Bonchev–Trinajstić information content (AvgIpc) is 2.15. The van der Waals surface area contributed by atoms with Gasteiger partial charge in [-0.15, -0.1) is 0 Å². The normalized spacial score (nSPS) is 9.57. The molecule has 6 heteroatoms. The van der Waals surface area contributed by atoms with Gasteiger partial charge in [0.1, 0.15) is 12.5 Å². The number of amides is 2. The molecule has 1 aromatic rings. The van der Waals surface area contributed by atoms with Gasteiger partial charge in [-0.3, -0.25) is 5.32 Å². The van der Waals surface area contributed by atoms with Crippen LogP contribution in [-0.2, 0) is 4.74 Å². The van der Waals surface area contributed by atoms with Gasteiger partial charge in [-0.1, -0.05) is 11.6 Å². The van der Waals surface area contributed by atoms with E-state index in [9.17, 15) is 4.79 Å². The predicted octanol–water partition coefficient (Wildman–Crippen LogP) is 1.46. The number of anilines is 1. The Morgan fingerprint density at radius 2 is 2.50 bits per heavy atom. The van der Waals surface area contributed by atoms with Crippen molar-refractivity contribution in [2.75, 3.05) is 19.2 Å². The maximum absolute atomic E-state index is 11.1. The van der Waals surface area contributed by atoms with Crippen LogP contribution in [0.5, 0.6) is 0 Å². The first-order valence-corrected chi connectivity index (χ1v) is 4.25. The first-order chi connectivity index (χ1) is 6.72. The number of methoxy groups -OCH3 is 1. The molecule has 0 aliphatic rings. The molecule has 0 saturated heterocycles. The zero-order valence-corrected chi connectivity index (χ0v) is 8.34. The molecule has 1 rings (SSSR count). The molecule has 0 aliphatic carbocycles. The van der Waals surface area contributed by atoms with Crippen LogP contribution in [0.25, 0.3) is 0 Å². The van der Waals surface area contributed by atoms with Gasteiger partial charge < -0.3 is 10.1 Å². The summed E-state index contributed by atoms with van der Waals surface area (Å²) in [6.07, 6.45) is 1.51. The summed E-state index contributed by atoms with van der Waals surface area (Å²) in [6.45, 7) is 0.145. The number of rotatable bonds is 3. The Bertz CT molecular complexity index is 319. The smallest absolute Gasteiger partial charge is 0.322 e. The van der Waals surface area contributed by atoms with Gasteiger partial charge in [-0.25, -0.2) is 9.78 Å². The Kier molecular flexibility index (Phi) is 4.15. The number of ether oxygens (including phenoxy) is 1. The van der Waals surface area contributed by atoms with E-state index in [0.29, 0.717) is 10.8 Å². The van der Waals surface area contributed by atoms with E-state index in [2.05, 4.69) is 20.4 Å². The molecule has 0 atom stereocenters. The molecule has 1 aromatic heterocycles. The molecule has 5 nitrogen and oxygen atoms in total. The number of pyridine rings is 1. The molecular formula is C8H10ClN3O2. The number of carbonyl (C=O) groups excluding carboxylic acids is 1. The molecule has 0 radical (unpaired) electrons. The van der Waals surface area contributed by atoms with Crippen LogP contribution in [0.15, 0.2) is 18.3 Å². The zero-order chi connectivity index (χ0) is 10.4. The highest BCUT2D eigenvalue weighted by Gasteiger charge is 2.01. The van der Waals surface area contributed by atoms with Gasteiger partial charge in [0.15, 0.2) is 0 Å². The van der Waals surface area contributed by atoms with Gasteiger partial charge in [-0.05, 0) is 12.1 Å². The van der Waals surface area contributed by atoms with Crippen molar-refractivity contribution in [2.24, 2.45) is 0 Å². The molecule has 0 saturated carbocycles. The third kappa shape index (κ3) is 3.59. The van der Waals surface area contributed by atoms with E-state index in [-0.39, 0.29) is 12.8 Å². The van der Waals surface area contributed by atoms with Crippen molar-refractivity contribution in [3.63, 3.8) is 0 Å².